The molecule has 0 aliphatic carbocycles. The van der Waals surface area contributed by atoms with Gasteiger partial charge in [0.2, 0.25) is 10.0 Å². The van der Waals surface area contributed by atoms with Gasteiger partial charge in [0.25, 0.3) is 0 Å². The van der Waals surface area contributed by atoms with Crippen molar-refractivity contribution < 1.29 is 21.6 Å². The maximum Gasteiger partial charge on any atom is 0.419 e. The SMILES string of the molecule is CS(=O)(=O)N1CCC(NC2N=C(c3cnc[nH]3)C(C(F)(F)F)=CN2c2ccnc(Cl)c2Cl)CC1. The smallest absolute Gasteiger partial charge is 0.343 e. The molecule has 1 fully saturated rings. The van der Waals surface area contributed by atoms with Crippen LogP contribution in [0.1, 0.15) is 18.5 Å². The lowest BCUT2D eigenvalue weighted by Crippen LogP contribution is -2.53. The second-order valence-corrected chi connectivity index (χ2v) is 10.5. The summed E-state index contributed by atoms with van der Waals surface area (Å²) < 4.78 is 67.1. The highest BCUT2D eigenvalue weighted by Gasteiger charge is 2.42. The Morgan fingerprint density at radius 1 is 1.24 bits per heavy atom. The van der Waals surface area contributed by atoms with Crippen molar-refractivity contribution in [2.75, 3.05) is 24.2 Å². The molecular formula is C19H20Cl2F3N7O2S. The van der Waals surface area contributed by atoms with Gasteiger partial charge in [0.1, 0.15) is 15.9 Å². The zero-order valence-electron chi connectivity index (χ0n) is 17.7. The topological polar surface area (TPSA) is 107 Å². The van der Waals surface area contributed by atoms with Crippen LogP contribution < -0.4 is 10.2 Å². The molecule has 2 aliphatic heterocycles. The summed E-state index contributed by atoms with van der Waals surface area (Å²) in [6.07, 6.45) is 1.10. The van der Waals surface area contributed by atoms with E-state index in [0.717, 1.165) is 12.5 Å². The summed E-state index contributed by atoms with van der Waals surface area (Å²) >= 11 is 12.3. The van der Waals surface area contributed by atoms with Crippen LogP contribution in [0.5, 0.6) is 0 Å². The highest BCUT2D eigenvalue weighted by atomic mass is 35.5. The molecule has 4 rings (SSSR count). The van der Waals surface area contributed by atoms with Crippen molar-refractivity contribution in [2.24, 2.45) is 4.99 Å². The Morgan fingerprint density at radius 3 is 2.53 bits per heavy atom. The molecule has 2 aliphatic rings. The number of imidazole rings is 1. The van der Waals surface area contributed by atoms with Crippen molar-refractivity contribution >= 4 is 44.6 Å². The average Bonchev–Trinajstić information content (AvgIpc) is 3.29. The molecule has 9 nitrogen and oxygen atoms in total. The zero-order chi connectivity index (χ0) is 24.7. The summed E-state index contributed by atoms with van der Waals surface area (Å²) in [5.41, 5.74) is -1.03. The van der Waals surface area contributed by atoms with Crippen LogP contribution in [0.2, 0.25) is 10.2 Å². The summed E-state index contributed by atoms with van der Waals surface area (Å²) in [4.78, 5) is 16.0. The van der Waals surface area contributed by atoms with E-state index in [2.05, 4.69) is 25.3 Å². The molecule has 1 unspecified atom stereocenters. The Labute approximate surface area is 203 Å². The van der Waals surface area contributed by atoms with Crippen LogP contribution in [0, 0.1) is 0 Å². The fourth-order valence-electron chi connectivity index (χ4n) is 3.82. The number of alkyl halides is 3. The van der Waals surface area contributed by atoms with Crippen LogP contribution in [-0.2, 0) is 10.0 Å². The number of anilines is 1. The monoisotopic (exact) mass is 537 g/mol. The van der Waals surface area contributed by atoms with Crippen molar-refractivity contribution in [3.63, 3.8) is 0 Å². The summed E-state index contributed by atoms with van der Waals surface area (Å²) in [5.74, 6) is 0. The minimum Gasteiger partial charge on any atom is -0.343 e. The molecule has 184 valence electrons. The molecule has 2 aromatic rings. The van der Waals surface area contributed by atoms with Gasteiger partial charge in [-0.25, -0.2) is 27.7 Å². The van der Waals surface area contributed by atoms with Crippen LogP contribution >= 0.6 is 23.2 Å². The van der Waals surface area contributed by atoms with E-state index in [4.69, 9.17) is 23.2 Å². The fourth-order valence-corrected chi connectivity index (χ4v) is 5.06. The quantitative estimate of drug-likeness (QED) is 0.567. The average molecular weight is 538 g/mol. The third-order valence-electron chi connectivity index (χ3n) is 5.51. The summed E-state index contributed by atoms with van der Waals surface area (Å²) in [6.45, 7) is 0.567. The van der Waals surface area contributed by atoms with Gasteiger partial charge < -0.3 is 9.88 Å². The van der Waals surface area contributed by atoms with Gasteiger partial charge in [-0.15, -0.1) is 0 Å². The van der Waals surface area contributed by atoms with E-state index in [-0.39, 0.29) is 46.4 Å². The van der Waals surface area contributed by atoms with Gasteiger partial charge in [0.15, 0.2) is 6.29 Å². The van der Waals surface area contributed by atoms with Gasteiger partial charge in [-0.2, -0.15) is 13.2 Å². The number of rotatable bonds is 5. The zero-order valence-corrected chi connectivity index (χ0v) is 20.0. The normalized spacial score (nSPS) is 20.9. The molecule has 0 radical (unpaired) electrons. The largest absolute Gasteiger partial charge is 0.419 e. The summed E-state index contributed by atoms with van der Waals surface area (Å²) in [7, 11) is -3.33. The number of piperidine rings is 1. The lowest BCUT2D eigenvalue weighted by atomic mass is 10.0. The molecule has 15 heteroatoms. The number of sulfonamides is 1. The van der Waals surface area contributed by atoms with Crippen molar-refractivity contribution in [2.45, 2.75) is 31.3 Å². The first-order valence-electron chi connectivity index (χ1n) is 10.1. The molecule has 0 amide bonds. The predicted molar refractivity (Wildman–Crippen MR) is 122 cm³/mol. The molecular weight excluding hydrogens is 518 g/mol. The first-order chi connectivity index (χ1) is 15.9. The van der Waals surface area contributed by atoms with Crippen molar-refractivity contribution in [1.82, 2.24) is 24.6 Å². The molecule has 2 aromatic heterocycles. The van der Waals surface area contributed by atoms with Gasteiger partial charge in [0.05, 0.1) is 35.7 Å². The van der Waals surface area contributed by atoms with Gasteiger partial charge in [-0.3, -0.25) is 5.32 Å². The maximum absolute atomic E-state index is 14.0. The maximum atomic E-state index is 14.0. The minimum atomic E-state index is -4.72. The molecule has 4 heterocycles. The van der Waals surface area contributed by atoms with Crippen LogP contribution in [0.15, 0.2) is 41.6 Å². The van der Waals surface area contributed by atoms with E-state index in [1.807, 2.05) is 0 Å². The third kappa shape index (κ3) is 5.23. The lowest BCUT2D eigenvalue weighted by Gasteiger charge is -2.38. The van der Waals surface area contributed by atoms with Crippen molar-refractivity contribution in [1.29, 1.82) is 0 Å². The fraction of sp³-hybridized carbons (Fsp3) is 0.421. The number of nitrogens with zero attached hydrogens (tertiary/aromatic N) is 5. The van der Waals surface area contributed by atoms with E-state index < -0.39 is 28.1 Å². The van der Waals surface area contributed by atoms with E-state index in [1.54, 1.807) is 0 Å². The van der Waals surface area contributed by atoms with Gasteiger partial charge >= 0.3 is 6.18 Å². The second kappa shape index (κ2) is 9.46. The Kier molecular flexibility index (Phi) is 6.93. The van der Waals surface area contributed by atoms with Crippen LogP contribution in [-0.4, -0.2) is 71.2 Å². The first kappa shape index (κ1) is 24.9. The number of halogens is 5. The van der Waals surface area contributed by atoms with Crippen LogP contribution in [0.3, 0.4) is 0 Å². The minimum absolute atomic E-state index is 0.0270. The molecule has 0 spiro atoms. The number of H-pyrrole nitrogens is 1. The Hall–Kier alpha value is -2.19. The molecule has 1 atom stereocenters. The van der Waals surface area contributed by atoms with Crippen LogP contribution in [0.25, 0.3) is 0 Å². The Balaban J connectivity index is 1.72. The molecule has 0 bridgehead atoms. The Bertz CT molecular complexity index is 1210. The highest BCUT2D eigenvalue weighted by molar-refractivity contribution is 7.88. The van der Waals surface area contributed by atoms with Crippen molar-refractivity contribution in [3.05, 3.63) is 52.4 Å². The van der Waals surface area contributed by atoms with Crippen molar-refractivity contribution in [3.8, 4) is 0 Å². The van der Waals surface area contributed by atoms with E-state index in [1.165, 1.54) is 34.0 Å². The van der Waals surface area contributed by atoms with Crippen LogP contribution in [0.4, 0.5) is 18.9 Å². The predicted octanol–water partition coefficient (Wildman–Crippen LogP) is 3.16. The third-order valence-corrected chi connectivity index (χ3v) is 7.57. The summed E-state index contributed by atoms with van der Waals surface area (Å²) in [6, 6.07) is 1.23. The van der Waals surface area contributed by atoms with Gasteiger partial charge in [-0.1, -0.05) is 23.2 Å². The van der Waals surface area contributed by atoms with E-state index in [9.17, 15) is 21.6 Å². The molecule has 34 heavy (non-hydrogen) atoms. The molecule has 2 N–H and O–H groups in total. The number of aliphatic imine (C=N–C) groups is 1. The Morgan fingerprint density at radius 2 is 1.94 bits per heavy atom. The number of allylic oxidation sites excluding steroid dienone is 1. The number of nitrogens with one attached hydrogen (secondary N) is 2. The number of aromatic amines is 1. The molecule has 0 aromatic carbocycles. The summed E-state index contributed by atoms with van der Waals surface area (Å²) in [5, 5.41) is 3.15. The highest BCUT2D eigenvalue weighted by Crippen LogP contribution is 2.38. The molecule has 1 saturated heterocycles. The first-order valence-corrected chi connectivity index (χ1v) is 12.7. The standard InChI is InChI=1S/C19H20Cl2F3N7O2S/c1-34(32,33)30-6-3-11(4-7-30)28-18-29-16(13-8-25-10-27-13)12(19(22,23)24)9-31(18)14-2-5-26-17(21)15(14)20/h2,5,8-11,18,28H,3-4,6-7H2,1H3,(H,25,27). The number of aromatic nitrogens is 3. The number of pyridine rings is 1. The second-order valence-electron chi connectivity index (χ2n) is 7.80. The van der Waals surface area contributed by atoms with Gasteiger partial charge in [-0.05, 0) is 18.9 Å². The number of hydrogen-bond acceptors (Lipinski definition) is 7. The van der Waals surface area contributed by atoms with E-state index >= 15 is 0 Å². The lowest BCUT2D eigenvalue weighted by molar-refractivity contribution is -0.0865. The van der Waals surface area contributed by atoms with Gasteiger partial charge in [0, 0.05) is 31.5 Å². The molecule has 0 saturated carbocycles. The number of hydrogen-bond donors (Lipinski definition) is 2. The van der Waals surface area contributed by atoms with E-state index in [0.29, 0.717) is 12.8 Å².